The monoisotopic (exact) mass is 473 g/mol. The second-order valence-electron chi connectivity index (χ2n) is 7.48. The number of rotatable bonds is 5. The maximum atomic E-state index is 12.5. The Labute approximate surface area is 193 Å². The number of amides is 2. The van der Waals surface area contributed by atoms with Crippen molar-refractivity contribution in [3.05, 3.63) is 60.7 Å². The molecule has 0 spiro atoms. The quantitative estimate of drug-likeness (QED) is 0.592. The van der Waals surface area contributed by atoms with Gasteiger partial charge in [-0.05, 0) is 60.7 Å². The molecule has 0 atom stereocenters. The maximum absolute atomic E-state index is 12.5. The average molecular weight is 473 g/mol. The summed E-state index contributed by atoms with van der Waals surface area (Å²) in [5, 5.41) is 11.3. The molecule has 0 unspecified atom stereocenters. The van der Waals surface area contributed by atoms with Crippen LogP contribution in [0, 0.1) is 0 Å². The Kier molecular flexibility index (Phi) is 6.71. The summed E-state index contributed by atoms with van der Waals surface area (Å²) < 4.78 is 45.8. The molecule has 2 heterocycles. The Balaban J connectivity index is 1.29. The van der Waals surface area contributed by atoms with E-state index in [1.165, 1.54) is 12.1 Å². The van der Waals surface area contributed by atoms with Crippen LogP contribution in [0.5, 0.6) is 11.5 Å². The first kappa shape index (κ1) is 23.1. The van der Waals surface area contributed by atoms with Crippen LogP contribution in [0.25, 0.3) is 11.3 Å². The number of carbonyl (C=O) groups excluding carboxylic acids is 1. The lowest BCUT2D eigenvalue weighted by atomic mass is 10.1. The van der Waals surface area contributed by atoms with E-state index in [1.54, 1.807) is 12.0 Å². The average Bonchev–Trinajstić information content (AvgIpc) is 2.85. The number of urea groups is 1. The predicted octanol–water partition coefficient (Wildman–Crippen LogP) is 4.40. The van der Waals surface area contributed by atoms with Gasteiger partial charge in [-0.3, -0.25) is 0 Å². The molecule has 1 saturated heterocycles. The minimum Gasteiger partial charge on any atom is -0.497 e. The molecule has 1 N–H and O–H groups in total. The molecule has 2 aromatic carbocycles. The van der Waals surface area contributed by atoms with Crippen LogP contribution >= 0.6 is 0 Å². The molecule has 0 radical (unpaired) electrons. The second kappa shape index (κ2) is 9.86. The first-order valence-corrected chi connectivity index (χ1v) is 10.5. The van der Waals surface area contributed by atoms with Gasteiger partial charge in [0.05, 0.1) is 12.8 Å². The van der Waals surface area contributed by atoms with E-state index < -0.39 is 6.36 Å². The van der Waals surface area contributed by atoms with Crippen molar-refractivity contribution in [1.82, 2.24) is 15.1 Å². The van der Waals surface area contributed by atoms with Crippen LogP contribution in [0.15, 0.2) is 60.7 Å². The van der Waals surface area contributed by atoms with Gasteiger partial charge in [0.25, 0.3) is 0 Å². The highest BCUT2D eigenvalue weighted by Crippen LogP contribution is 2.25. The van der Waals surface area contributed by atoms with Crippen LogP contribution in [0.3, 0.4) is 0 Å². The van der Waals surface area contributed by atoms with Crippen molar-refractivity contribution in [2.45, 2.75) is 6.36 Å². The van der Waals surface area contributed by atoms with E-state index in [4.69, 9.17) is 4.74 Å². The normalized spacial score (nSPS) is 14.0. The third-order valence-corrected chi connectivity index (χ3v) is 5.27. The number of ether oxygens (including phenoxy) is 2. The zero-order valence-electron chi connectivity index (χ0n) is 18.2. The SMILES string of the molecule is COc1ccc(-c2ccc(N3CCN(C(=O)Nc4ccc(OC(F)(F)F)cc4)CC3)nn2)cc1. The summed E-state index contributed by atoms with van der Waals surface area (Å²) >= 11 is 0. The lowest BCUT2D eigenvalue weighted by Gasteiger charge is -2.35. The van der Waals surface area contributed by atoms with Crippen LogP contribution < -0.4 is 19.7 Å². The number of nitrogens with one attached hydrogen (secondary N) is 1. The Bertz CT molecular complexity index is 1100. The van der Waals surface area contributed by atoms with Crippen molar-refractivity contribution >= 4 is 17.5 Å². The summed E-state index contributed by atoms with van der Waals surface area (Å²) in [6, 6.07) is 16.0. The van der Waals surface area contributed by atoms with Gasteiger partial charge in [0.2, 0.25) is 0 Å². The highest BCUT2D eigenvalue weighted by atomic mass is 19.4. The zero-order chi connectivity index (χ0) is 24.1. The molecule has 11 heteroatoms. The third-order valence-electron chi connectivity index (χ3n) is 5.27. The maximum Gasteiger partial charge on any atom is 0.573 e. The number of anilines is 2. The molecule has 3 aromatic rings. The van der Waals surface area contributed by atoms with E-state index in [9.17, 15) is 18.0 Å². The van der Waals surface area contributed by atoms with E-state index in [2.05, 4.69) is 20.3 Å². The molecule has 1 aromatic heterocycles. The van der Waals surface area contributed by atoms with Gasteiger partial charge in [0, 0.05) is 37.4 Å². The van der Waals surface area contributed by atoms with Crippen LogP contribution in [0.2, 0.25) is 0 Å². The number of alkyl halides is 3. The molecular weight excluding hydrogens is 451 g/mol. The van der Waals surface area contributed by atoms with Crippen molar-refractivity contribution in [2.75, 3.05) is 43.5 Å². The number of halogens is 3. The Morgan fingerprint density at radius 3 is 2.09 bits per heavy atom. The topological polar surface area (TPSA) is 79.8 Å². The summed E-state index contributed by atoms with van der Waals surface area (Å²) in [7, 11) is 1.61. The fraction of sp³-hybridized carbons (Fsp3) is 0.261. The molecule has 34 heavy (non-hydrogen) atoms. The molecule has 0 bridgehead atoms. The molecular formula is C23H22F3N5O3. The summed E-state index contributed by atoms with van der Waals surface area (Å²) in [5.41, 5.74) is 2.05. The molecule has 0 aliphatic carbocycles. The number of aromatic nitrogens is 2. The lowest BCUT2D eigenvalue weighted by Crippen LogP contribution is -2.50. The fourth-order valence-corrected chi connectivity index (χ4v) is 3.49. The van der Waals surface area contributed by atoms with Crippen molar-refractivity contribution in [1.29, 1.82) is 0 Å². The molecule has 1 aliphatic heterocycles. The van der Waals surface area contributed by atoms with Gasteiger partial charge in [-0.15, -0.1) is 23.4 Å². The first-order chi connectivity index (χ1) is 16.3. The second-order valence-corrected chi connectivity index (χ2v) is 7.48. The van der Waals surface area contributed by atoms with Gasteiger partial charge in [-0.25, -0.2) is 4.79 Å². The summed E-state index contributed by atoms with van der Waals surface area (Å²) in [5.74, 6) is 1.14. The molecule has 4 rings (SSSR count). The molecule has 2 amide bonds. The summed E-state index contributed by atoms with van der Waals surface area (Å²) in [4.78, 5) is 16.2. The molecule has 178 valence electrons. The van der Waals surface area contributed by atoms with Crippen molar-refractivity contribution in [3.63, 3.8) is 0 Å². The van der Waals surface area contributed by atoms with Crippen molar-refractivity contribution in [2.24, 2.45) is 0 Å². The Morgan fingerprint density at radius 2 is 1.53 bits per heavy atom. The molecule has 8 nitrogen and oxygen atoms in total. The van der Waals surface area contributed by atoms with E-state index in [0.717, 1.165) is 35.0 Å². The molecule has 1 fully saturated rings. The number of nitrogens with zero attached hydrogens (tertiary/aromatic N) is 4. The highest BCUT2D eigenvalue weighted by molar-refractivity contribution is 5.89. The van der Waals surface area contributed by atoms with E-state index in [0.29, 0.717) is 31.9 Å². The van der Waals surface area contributed by atoms with E-state index in [1.807, 2.05) is 41.3 Å². The number of piperazine rings is 1. The molecule has 0 saturated carbocycles. The van der Waals surface area contributed by atoms with Gasteiger partial charge in [-0.2, -0.15) is 0 Å². The first-order valence-electron chi connectivity index (χ1n) is 10.5. The summed E-state index contributed by atoms with van der Waals surface area (Å²) in [6.45, 7) is 2.07. The van der Waals surface area contributed by atoms with Gasteiger partial charge < -0.3 is 24.6 Å². The number of hydrogen-bond donors (Lipinski definition) is 1. The lowest BCUT2D eigenvalue weighted by molar-refractivity contribution is -0.274. The Morgan fingerprint density at radius 1 is 0.882 bits per heavy atom. The minimum atomic E-state index is -4.76. The third kappa shape index (κ3) is 5.85. The number of carbonyl (C=O) groups is 1. The number of methoxy groups -OCH3 is 1. The molecule has 1 aliphatic rings. The van der Waals surface area contributed by atoms with Crippen LogP contribution in [0.4, 0.5) is 29.5 Å². The van der Waals surface area contributed by atoms with Crippen molar-refractivity contribution in [3.8, 4) is 22.8 Å². The van der Waals surface area contributed by atoms with Gasteiger partial charge >= 0.3 is 12.4 Å². The predicted molar refractivity (Wildman–Crippen MR) is 120 cm³/mol. The van der Waals surface area contributed by atoms with Crippen LogP contribution in [-0.2, 0) is 0 Å². The zero-order valence-corrected chi connectivity index (χ0v) is 18.2. The number of hydrogen-bond acceptors (Lipinski definition) is 6. The van der Waals surface area contributed by atoms with Crippen molar-refractivity contribution < 1.29 is 27.4 Å². The minimum absolute atomic E-state index is 0.329. The van der Waals surface area contributed by atoms with Crippen LogP contribution in [0.1, 0.15) is 0 Å². The standard InChI is InChI=1S/C23H22F3N5O3/c1-33-18-6-2-16(3-7-18)20-10-11-21(29-28-20)30-12-14-31(15-13-30)22(32)27-17-4-8-19(9-5-17)34-23(24,25)26/h2-11H,12-15H2,1H3,(H,27,32). The van der Waals surface area contributed by atoms with Crippen LogP contribution in [-0.4, -0.2) is 60.8 Å². The van der Waals surface area contributed by atoms with E-state index >= 15 is 0 Å². The largest absolute Gasteiger partial charge is 0.573 e. The van der Waals surface area contributed by atoms with Gasteiger partial charge in [-0.1, -0.05) is 0 Å². The summed E-state index contributed by atoms with van der Waals surface area (Å²) in [6.07, 6.45) is -4.76. The highest BCUT2D eigenvalue weighted by Gasteiger charge is 2.31. The van der Waals surface area contributed by atoms with Gasteiger partial charge in [0.1, 0.15) is 11.5 Å². The smallest absolute Gasteiger partial charge is 0.497 e. The number of benzene rings is 2. The van der Waals surface area contributed by atoms with E-state index in [-0.39, 0.29) is 11.8 Å². The fourth-order valence-electron chi connectivity index (χ4n) is 3.49. The van der Waals surface area contributed by atoms with Gasteiger partial charge in [0.15, 0.2) is 5.82 Å². The Hall–Kier alpha value is -4.02.